The van der Waals surface area contributed by atoms with Gasteiger partial charge in [0.1, 0.15) is 0 Å². The maximum atomic E-state index is 11.8. The third-order valence-electron chi connectivity index (χ3n) is 2.38. The van der Waals surface area contributed by atoms with Crippen molar-refractivity contribution in [3.8, 4) is 0 Å². The van der Waals surface area contributed by atoms with Crippen molar-refractivity contribution < 1.29 is 9.32 Å². The molecule has 0 aliphatic heterocycles. The molecule has 0 aromatic heterocycles. The zero-order valence-electron chi connectivity index (χ0n) is 9.43. The van der Waals surface area contributed by atoms with E-state index in [9.17, 15) is 9.32 Å². The van der Waals surface area contributed by atoms with E-state index in [2.05, 4.69) is 0 Å². The van der Waals surface area contributed by atoms with Crippen LogP contribution in [0, 0.1) is 12.8 Å². The van der Waals surface area contributed by atoms with Crippen LogP contribution in [-0.2, 0) is 10.8 Å². The quantitative estimate of drug-likeness (QED) is 0.854. The van der Waals surface area contributed by atoms with E-state index < -0.39 is 16.9 Å². The molecule has 2 atom stereocenters. The van der Waals surface area contributed by atoms with E-state index in [1.807, 2.05) is 45.0 Å². The Morgan fingerprint density at radius 2 is 1.80 bits per heavy atom. The molecule has 15 heavy (non-hydrogen) atoms. The molecule has 1 aromatic carbocycles. The first-order valence-corrected chi connectivity index (χ1v) is 6.45. The number of hydrogen-bond acceptors (Lipinski definition) is 2. The minimum atomic E-state index is -1.09. The van der Waals surface area contributed by atoms with Gasteiger partial charge in [0.15, 0.2) is 0 Å². The van der Waals surface area contributed by atoms with Gasteiger partial charge in [-0.2, -0.15) is 0 Å². The smallest absolute Gasteiger partial charge is 0.0681 e. The Bertz CT molecular complexity index is 330. The molecule has 2 nitrogen and oxygen atoms in total. The summed E-state index contributed by atoms with van der Waals surface area (Å²) >= 11 is 0. The maximum Gasteiger partial charge on any atom is 0.0681 e. The van der Waals surface area contributed by atoms with Crippen LogP contribution in [-0.4, -0.2) is 21.2 Å². The van der Waals surface area contributed by atoms with Crippen LogP contribution in [0.3, 0.4) is 0 Å². The molecule has 0 saturated carbocycles. The van der Waals surface area contributed by atoms with Gasteiger partial charge in [0, 0.05) is 4.90 Å². The van der Waals surface area contributed by atoms with Crippen LogP contribution in [0.25, 0.3) is 0 Å². The molecule has 0 bridgehead atoms. The fraction of sp³-hybridized carbons (Fsp3) is 0.500. The molecule has 0 spiro atoms. The average molecular weight is 226 g/mol. The van der Waals surface area contributed by atoms with Crippen LogP contribution >= 0.6 is 0 Å². The zero-order valence-corrected chi connectivity index (χ0v) is 10.3. The molecule has 0 unspecified atom stereocenters. The van der Waals surface area contributed by atoms with Crippen molar-refractivity contribution in [3.05, 3.63) is 29.8 Å². The highest BCUT2D eigenvalue weighted by Gasteiger charge is 2.14. The Morgan fingerprint density at radius 1 is 1.27 bits per heavy atom. The second-order valence-electron chi connectivity index (χ2n) is 4.14. The van der Waals surface area contributed by atoms with E-state index in [0.717, 1.165) is 10.5 Å². The molecule has 0 radical (unpaired) electrons. The van der Waals surface area contributed by atoms with Crippen LogP contribution < -0.4 is 0 Å². The number of aryl methyl sites for hydroxylation is 1. The molecule has 0 saturated heterocycles. The average Bonchev–Trinajstić information content (AvgIpc) is 2.18. The highest BCUT2D eigenvalue weighted by Crippen LogP contribution is 2.11. The van der Waals surface area contributed by atoms with Gasteiger partial charge >= 0.3 is 0 Å². The van der Waals surface area contributed by atoms with Crippen molar-refractivity contribution in [2.75, 3.05) is 5.75 Å². The standard InChI is InChI=1S/C12H18O2S/c1-9(2)12(13)8-15(14)11-6-4-10(3)5-7-11/h4-7,9,12-13H,8H2,1-3H3/t12-,15-/m1/s1. The van der Waals surface area contributed by atoms with Gasteiger partial charge < -0.3 is 5.11 Å². The summed E-state index contributed by atoms with van der Waals surface area (Å²) in [6.45, 7) is 5.85. The number of hydrogen-bond donors (Lipinski definition) is 1. The van der Waals surface area contributed by atoms with Crippen molar-refractivity contribution >= 4 is 10.8 Å². The molecule has 1 N–H and O–H groups in total. The van der Waals surface area contributed by atoms with Gasteiger partial charge in [0.2, 0.25) is 0 Å². The zero-order chi connectivity index (χ0) is 11.4. The molecular weight excluding hydrogens is 208 g/mol. The fourth-order valence-electron chi connectivity index (χ4n) is 1.13. The summed E-state index contributed by atoms with van der Waals surface area (Å²) < 4.78 is 11.8. The van der Waals surface area contributed by atoms with Crippen molar-refractivity contribution in [1.82, 2.24) is 0 Å². The van der Waals surface area contributed by atoms with Gasteiger partial charge in [0.05, 0.1) is 22.7 Å². The maximum absolute atomic E-state index is 11.8. The summed E-state index contributed by atoms with van der Waals surface area (Å²) in [5, 5.41) is 9.62. The van der Waals surface area contributed by atoms with Crippen molar-refractivity contribution in [3.63, 3.8) is 0 Å². The topological polar surface area (TPSA) is 37.3 Å². The lowest BCUT2D eigenvalue weighted by atomic mass is 10.1. The van der Waals surface area contributed by atoms with Crippen molar-refractivity contribution in [1.29, 1.82) is 0 Å². The highest BCUT2D eigenvalue weighted by atomic mass is 32.2. The van der Waals surface area contributed by atoms with Gasteiger partial charge in [-0.05, 0) is 25.0 Å². The molecular formula is C12H18O2S. The minimum absolute atomic E-state index is 0.152. The second-order valence-corrected chi connectivity index (χ2v) is 5.63. The molecule has 0 fully saturated rings. The molecule has 0 heterocycles. The predicted octanol–water partition coefficient (Wildman–Crippen LogP) is 2.12. The molecule has 1 aromatic rings. The number of aliphatic hydroxyl groups is 1. The summed E-state index contributed by atoms with van der Waals surface area (Å²) in [5.41, 5.74) is 1.15. The molecule has 0 aliphatic rings. The second kappa shape index (κ2) is 5.42. The Kier molecular flexibility index (Phi) is 4.48. The summed E-state index contributed by atoms with van der Waals surface area (Å²) in [6, 6.07) is 7.60. The summed E-state index contributed by atoms with van der Waals surface area (Å²) in [5.74, 6) is 0.472. The molecule has 84 valence electrons. The van der Waals surface area contributed by atoms with Gasteiger partial charge in [-0.25, -0.2) is 0 Å². The lowest BCUT2D eigenvalue weighted by Gasteiger charge is -2.13. The molecule has 0 amide bonds. The lowest BCUT2D eigenvalue weighted by Crippen LogP contribution is -2.22. The normalized spacial score (nSPS) is 15.3. The molecule has 0 aliphatic carbocycles. The van der Waals surface area contributed by atoms with Gasteiger partial charge in [-0.15, -0.1) is 0 Å². The summed E-state index contributed by atoms with van der Waals surface area (Å²) in [7, 11) is -1.09. The largest absolute Gasteiger partial charge is 0.392 e. The predicted molar refractivity (Wildman–Crippen MR) is 63.3 cm³/mol. The minimum Gasteiger partial charge on any atom is -0.392 e. The lowest BCUT2D eigenvalue weighted by molar-refractivity contribution is 0.148. The first-order chi connectivity index (χ1) is 7.00. The third kappa shape index (κ3) is 3.76. The highest BCUT2D eigenvalue weighted by molar-refractivity contribution is 7.85. The van der Waals surface area contributed by atoms with Gasteiger partial charge in [-0.1, -0.05) is 31.5 Å². The van der Waals surface area contributed by atoms with Crippen molar-refractivity contribution in [2.45, 2.75) is 31.8 Å². The van der Waals surface area contributed by atoms with E-state index in [1.54, 1.807) is 0 Å². The van der Waals surface area contributed by atoms with Gasteiger partial charge in [-0.3, -0.25) is 4.21 Å². The first-order valence-electron chi connectivity index (χ1n) is 5.14. The van der Waals surface area contributed by atoms with Crippen LogP contribution in [0.4, 0.5) is 0 Å². The number of rotatable bonds is 4. The summed E-state index contributed by atoms with van der Waals surface area (Å²) in [4.78, 5) is 0.792. The summed E-state index contributed by atoms with van der Waals surface area (Å²) in [6.07, 6.45) is -0.493. The van der Waals surface area contributed by atoms with Crippen LogP contribution in [0.15, 0.2) is 29.2 Å². The third-order valence-corrected chi connectivity index (χ3v) is 3.82. The van der Waals surface area contributed by atoms with Gasteiger partial charge in [0.25, 0.3) is 0 Å². The number of benzene rings is 1. The Hall–Kier alpha value is -0.670. The van der Waals surface area contributed by atoms with Crippen LogP contribution in [0.2, 0.25) is 0 Å². The first kappa shape index (κ1) is 12.4. The van der Waals surface area contributed by atoms with E-state index in [4.69, 9.17) is 0 Å². The Balaban J connectivity index is 2.65. The number of aliphatic hydroxyl groups excluding tert-OH is 1. The van der Waals surface area contributed by atoms with E-state index in [0.29, 0.717) is 5.75 Å². The molecule has 3 heteroatoms. The van der Waals surface area contributed by atoms with E-state index in [-0.39, 0.29) is 5.92 Å². The Labute approximate surface area is 93.8 Å². The SMILES string of the molecule is Cc1ccc([S@](=O)C[C@@H](O)C(C)C)cc1. The molecule has 1 rings (SSSR count). The van der Waals surface area contributed by atoms with E-state index >= 15 is 0 Å². The Morgan fingerprint density at radius 3 is 2.27 bits per heavy atom. The van der Waals surface area contributed by atoms with Crippen LogP contribution in [0.5, 0.6) is 0 Å². The van der Waals surface area contributed by atoms with Crippen molar-refractivity contribution in [2.24, 2.45) is 5.92 Å². The van der Waals surface area contributed by atoms with Crippen LogP contribution in [0.1, 0.15) is 19.4 Å². The fourth-order valence-corrected chi connectivity index (χ4v) is 2.46. The monoisotopic (exact) mass is 226 g/mol. The van der Waals surface area contributed by atoms with E-state index in [1.165, 1.54) is 0 Å².